The van der Waals surface area contributed by atoms with Gasteiger partial charge >= 0.3 is 5.97 Å². The number of non-ortho nitro benzene ring substituents is 1. The predicted octanol–water partition coefficient (Wildman–Crippen LogP) is 2.42. The smallest absolute Gasteiger partial charge is 0.338 e. The van der Waals surface area contributed by atoms with Crippen molar-refractivity contribution in [1.82, 2.24) is 0 Å². The van der Waals surface area contributed by atoms with Crippen LogP contribution < -0.4 is 0 Å². The van der Waals surface area contributed by atoms with E-state index in [1.165, 1.54) is 0 Å². The molecule has 0 saturated heterocycles. The molecule has 86 valence electrons. The summed E-state index contributed by atoms with van der Waals surface area (Å²) in [5, 5.41) is 10.6. The number of nitro benzene ring substituents is 1. The van der Waals surface area contributed by atoms with E-state index in [9.17, 15) is 19.3 Å². The molecule has 0 atom stereocenters. The van der Waals surface area contributed by atoms with Crippen molar-refractivity contribution >= 4 is 27.6 Å². The van der Waals surface area contributed by atoms with Gasteiger partial charge in [0.25, 0.3) is 5.69 Å². The van der Waals surface area contributed by atoms with E-state index < -0.39 is 22.4 Å². The number of hydrogen-bond acceptors (Lipinski definition) is 4. The summed E-state index contributed by atoms with van der Waals surface area (Å²) in [5.41, 5.74) is -0.592. The summed E-state index contributed by atoms with van der Waals surface area (Å²) in [7, 11) is 1.12. The predicted molar refractivity (Wildman–Crippen MR) is 57.0 cm³/mol. The first-order valence-corrected chi connectivity index (χ1v) is 5.24. The number of esters is 1. The largest absolute Gasteiger partial charge is 0.465 e. The number of carbonyl (C=O) groups excluding carboxylic acids is 1. The lowest BCUT2D eigenvalue weighted by Gasteiger charge is -2.06. The maximum atomic E-state index is 13.4. The Bertz CT molecular complexity index is 449. The number of ether oxygens (including phenoxy) is 1. The van der Waals surface area contributed by atoms with Crippen LogP contribution in [0.1, 0.15) is 15.9 Å². The standard InChI is InChI=1S/C9H7BrFNO4/c1-16-9(13)6-2-5(12(14)15)3-8(11)7(6)4-10/h2-3H,4H2,1H3. The van der Waals surface area contributed by atoms with Crippen LogP contribution in [-0.4, -0.2) is 18.0 Å². The Kier molecular flexibility index (Phi) is 3.94. The fourth-order valence-corrected chi connectivity index (χ4v) is 1.73. The molecule has 0 saturated carbocycles. The van der Waals surface area contributed by atoms with E-state index >= 15 is 0 Å². The first-order valence-electron chi connectivity index (χ1n) is 4.12. The van der Waals surface area contributed by atoms with Crippen molar-refractivity contribution in [2.24, 2.45) is 0 Å². The van der Waals surface area contributed by atoms with Gasteiger partial charge in [0.1, 0.15) is 5.82 Å². The molecule has 0 spiro atoms. The lowest BCUT2D eigenvalue weighted by molar-refractivity contribution is -0.385. The molecule has 0 aliphatic heterocycles. The quantitative estimate of drug-likeness (QED) is 0.371. The molecule has 7 heteroatoms. The van der Waals surface area contributed by atoms with E-state index in [0.29, 0.717) is 0 Å². The van der Waals surface area contributed by atoms with Crippen LogP contribution in [0.4, 0.5) is 10.1 Å². The number of halogens is 2. The lowest BCUT2D eigenvalue weighted by atomic mass is 10.1. The Hall–Kier alpha value is -1.50. The van der Waals surface area contributed by atoms with Gasteiger partial charge in [0, 0.05) is 17.0 Å². The molecule has 0 aromatic heterocycles. The minimum Gasteiger partial charge on any atom is -0.465 e. The number of benzene rings is 1. The molecule has 1 aromatic carbocycles. The number of methoxy groups -OCH3 is 1. The molecule has 0 aliphatic carbocycles. The van der Waals surface area contributed by atoms with Crippen molar-refractivity contribution in [3.63, 3.8) is 0 Å². The molecule has 16 heavy (non-hydrogen) atoms. The molecule has 5 nitrogen and oxygen atoms in total. The van der Waals surface area contributed by atoms with Crippen LogP contribution in [0.25, 0.3) is 0 Å². The Morgan fingerprint density at radius 3 is 2.69 bits per heavy atom. The lowest BCUT2D eigenvalue weighted by Crippen LogP contribution is -2.08. The fraction of sp³-hybridized carbons (Fsp3) is 0.222. The number of carbonyl (C=O) groups is 1. The number of nitrogens with zero attached hydrogens (tertiary/aromatic N) is 1. The van der Waals surface area contributed by atoms with Gasteiger partial charge in [-0.05, 0) is 0 Å². The molecular weight excluding hydrogens is 285 g/mol. The highest BCUT2D eigenvalue weighted by atomic mass is 79.9. The van der Waals surface area contributed by atoms with Crippen molar-refractivity contribution in [3.05, 3.63) is 39.2 Å². The van der Waals surface area contributed by atoms with Crippen molar-refractivity contribution in [3.8, 4) is 0 Å². The van der Waals surface area contributed by atoms with E-state index in [4.69, 9.17) is 0 Å². The Morgan fingerprint density at radius 2 is 2.25 bits per heavy atom. The SMILES string of the molecule is COC(=O)c1cc([N+](=O)[O-])cc(F)c1CBr. The molecule has 0 radical (unpaired) electrons. The van der Waals surface area contributed by atoms with Crippen molar-refractivity contribution in [2.75, 3.05) is 7.11 Å². The van der Waals surface area contributed by atoms with Crippen LogP contribution in [0, 0.1) is 15.9 Å². The summed E-state index contributed by atoms with van der Waals surface area (Å²) >= 11 is 3.00. The first-order chi connectivity index (χ1) is 7.51. The average Bonchev–Trinajstić information content (AvgIpc) is 2.26. The van der Waals surface area contributed by atoms with Gasteiger partial charge in [-0.1, -0.05) is 15.9 Å². The summed E-state index contributed by atoms with van der Waals surface area (Å²) in [6.07, 6.45) is 0. The molecule has 1 aromatic rings. The van der Waals surface area contributed by atoms with Gasteiger partial charge in [0.2, 0.25) is 0 Å². The molecule has 0 heterocycles. The van der Waals surface area contributed by atoms with Crippen LogP contribution in [0.2, 0.25) is 0 Å². The van der Waals surface area contributed by atoms with Gasteiger partial charge in [-0.25, -0.2) is 9.18 Å². The highest BCUT2D eigenvalue weighted by Gasteiger charge is 2.20. The third-order valence-corrected chi connectivity index (χ3v) is 2.49. The van der Waals surface area contributed by atoms with Crippen molar-refractivity contribution in [1.29, 1.82) is 0 Å². The number of rotatable bonds is 3. The molecule has 0 N–H and O–H groups in total. The van der Waals surface area contributed by atoms with E-state index in [-0.39, 0.29) is 16.5 Å². The molecular formula is C9H7BrFNO4. The molecule has 0 aliphatic rings. The third kappa shape index (κ3) is 2.35. The third-order valence-electron chi connectivity index (χ3n) is 1.93. The summed E-state index contributed by atoms with van der Waals surface area (Å²) in [5.74, 6) is -1.62. The van der Waals surface area contributed by atoms with Gasteiger partial charge in [-0.3, -0.25) is 10.1 Å². The van der Waals surface area contributed by atoms with Gasteiger partial charge in [0.05, 0.1) is 23.7 Å². The molecule has 1 rings (SSSR count). The van der Waals surface area contributed by atoms with E-state index in [2.05, 4.69) is 20.7 Å². The number of hydrogen-bond donors (Lipinski definition) is 0. The molecule has 0 bridgehead atoms. The van der Waals surface area contributed by atoms with Gasteiger partial charge in [-0.15, -0.1) is 0 Å². The van der Waals surface area contributed by atoms with Gasteiger partial charge in [0.15, 0.2) is 0 Å². The molecule has 0 fully saturated rings. The second-order valence-electron chi connectivity index (χ2n) is 2.84. The first kappa shape index (κ1) is 12.6. The molecule has 0 amide bonds. The monoisotopic (exact) mass is 291 g/mol. The average molecular weight is 292 g/mol. The summed E-state index contributed by atoms with van der Waals surface area (Å²) < 4.78 is 17.8. The normalized spacial score (nSPS) is 9.94. The van der Waals surface area contributed by atoms with Crippen molar-refractivity contribution < 1.29 is 18.8 Å². The number of alkyl halides is 1. The second kappa shape index (κ2) is 5.02. The Balaban J connectivity index is 3.42. The summed E-state index contributed by atoms with van der Waals surface area (Å²) in [6.45, 7) is 0. The minimum absolute atomic E-state index is 0.0393. The van der Waals surface area contributed by atoms with Crippen LogP contribution in [0.3, 0.4) is 0 Å². The summed E-state index contributed by atoms with van der Waals surface area (Å²) in [4.78, 5) is 21.0. The fourth-order valence-electron chi connectivity index (χ4n) is 1.16. The van der Waals surface area contributed by atoms with E-state index in [1.807, 2.05) is 0 Å². The zero-order chi connectivity index (χ0) is 12.3. The van der Waals surface area contributed by atoms with Crippen LogP contribution in [-0.2, 0) is 10.1 Å². The molecule has 0 unspecified atom stereocenters. The Morgan fingerprint density at radius 1 is 1.62 bits per heavy atom. The zero-order valence-corrected chi connectivity index (χ0v) is 9.78. The minimum atomic E-state index is -0.813. The second-order valence-corrected chi connectivity index (χ2v) is 3.40. The van der Waals surface area contributed by atoms with Gasteiger partial charge in [-0.2, -0.15) is 0 Å². The number of nitro groups is 1. The van der Waals surface area contributed by atoms with Crippen molar-refractivity contribution in [2.45, 2.75) is 5.33 Å². The van der Waals surface area contributed by atoms with E-state index in [0.717, 1.165) is 19.2 Å². The van der Waals surface area contributed by atoms with E-state index in [1.54, 1.807) is 0 Å². The topological polar surface area (TPSA) is 69.4 Å². The zero-order valence-electron chi connectivity index (χ0n) is 8.20. The maximum absolute atomic E-state index is 13.4. The summed E-state index contributed by atoms with van der Waals surface area (Å²) in [6, 6.07) is 1.76. The van der Waals surface area contributed by atoms with Crippen LogP contribution in [0.5, 0.6) is 0 Å². The highest BCUT2D eigenvalue weighted by Crippen LogP contribution is 2.24. The highest BCUT2D eigenvalue weighted by molar-refractivity contribution is 9.08. The maximum Gasteiger partial charge on any atom is 0.338 e. The van der Waals surface area contributed by atoms with Crippen LogP contribution in [0.15, 0.2) is 12.1 Å². The van der Waals surface area contributed by atoms with Crippen LogP contribution >= 0.6 is 15.9 Å². The van der Waals surface area contributed by atoms with Gasteiger partial charge < -0.3 is 4.74 Å². The Labute approximate surface area is 98.5 Å².